The zero-order valence-corrected chi connectivity index (χ0v) is 12.6. The van der Waals surface area contributed by atoms with E-state index in [0.29, 0.717) is 0 Å². The maximum Gasteiger partial charge on any atom is 0.132 e. The van der Waals surface area contributed by atoms with Crippen molar-refractivity contribution in [2.75, 3.05) is 6.54 Å². The van der Waals surface area contributed by atoms with Gasteiger partial charge in [0.15, 0.2) is 0 Å². The highest BCUT2D eigenvalue weighted by Crippen LogP contribution is 2.12. The predicted octanol–water partition coefficient (Wildman–Crippen LogP) is 3.18. The molecule has 1 N–H and O–H groups in total. The van der Waals surface area contributed by atoms with Gasteiger partial charge in [0.1, 0.15) is 5.82 Å². The van der Waals surface area contributed by atoms with Crippen LogP contribution in [0, 0.1) is 13.8 Å². The maximum absolute atomic E-state index is 4.63. The smallest absolute Gasteiger partial charge is 0.132 e. The van der Waals surface area contributed by atoms with Crippen LogP contribution >= 0.6 is 0 Å². The molecular weight excluding hydrogens is 246 g/mol. The number of benzene rings is 1. The van der Waals surface area contributed by atoms with Crippen molar-refractivity contribution in [1.29, 1.82) is 0 Å². The zero-order valence-electron chi connectivity index (χ0n) is 12.6. The summed E-state index contributed by atoms with van der Waals surface area (Å²) in [5.41, 5.74) is 4.93. The monoisotopic (exact) mass is 269 g/mol. The number of aryl methyl sites for hydroxylation is 2. The Morgan fingerprint density at radius 3 is 2.55 bits per heavy atom. The van der Waals surface area contributed by atoms with E-state index in [1.807, 2.05) is 12.3 Å². The molecule has 0 radical (unpaired) electrons. The Morgan fingerprint density at radius 2 is 1.85 bits per heavy atom. The van der Waals surface area contributed by atoms with E-state index in [-0.39, 0.29) is 0 Å². The summed E-state index contributed by atoms with van der Waals surface area (Å²) in [6.07, 6.45) is 3.79. The van der Waals surface area contributed by atoms with Crippen molar-refractivity contribution in [1.82, 2.24) is 15.3 Å². The first kappa shape index (κ1) is 14.7. The second kappa shape index (κ2) is 7.15. The van der Waals surface area contributed by atoms with Gasteiger partial charge in [-0.15, -0.1) is 0 Å². The molecule has 3 nitrogen and oxygen atoms in total. The van der Waals surface area contributed by atoms with Gasteiger partial charge in [0.2, 0.25) is 0 Å². The normalized spacial score (nSPS) is 10.8. The van der Waals surface area contributed by atoms with Crippen molar-refractivity contribution in [2.45, 2.75) is 40.2 Å². The molecule has 3 heteroatoms. The van der Waals surface area contributed by atoms with E-state index in [9.17, 15) is 0 Å². The molecule has 0 fully saturated rings. The van der Waals surface area contributed by atoms with Crippen LogP contribution in [0.15, 0.2) is 30.5 Å². The number of hydrogen-bond donors (Lipinski definition) is 1. The summed E-state index contributed by atoms with van der Waals surface area (Å²) in [5, 5.41) is 3.37. The molecule has 0 amide bonds. The quantitative estimate of drug-likeness (QED) is 0.818. The second-order valence-electron chi connectivity index (χ2n) is 5.31. The third-order valence-corrected chi connectivity index (χ3v) is 3.14. The van der Waals surface area contributed by atoms with Gasteiger partial charge in [-0.2, -0.15) is 0 Å². The van der Waals surface area contributed by atoms with Gasteiger partial charge in [-0.05, 0) is 38.4 Å². The van der Waals surface area contributed by atoms with Gasteiger partial charge < -0.3 is 5.32 Å². The Hall–Kier alpha value is -1.74. The van der Waals surface area contributed by atoms with E-state index in [4.69, 9.17) is 0 Å². The van der Waals surface area contributed by atoms with Crippen LogP contribution in [-0.4, -0.2) is 16.5 Å². The minimum absolute atomic E-state index is 0.796. The van der Waals surface area contributed by atoms with E-state index < -0.39 is 0 Å². The van der Waals surface area contributed by atoms with Crippen molar-refractivity contribution >= 4 is 0 Å². The molecule has 0 aliphatic carbocycles. The summed E-state index contributed by atoms with van der Waals surface area (Å²) in [6, 6.07) is 8.58. The first-order valence-electron chi connectivity index (χ1n) is 7.26. The van der Waals surface area contributed by atoms with Crippen molar-refractivity contribution in [3.8, 4) is 0 Å². The zero-order chi connectivity index (χ0) is 14.4. The number of aromatic nitrogens is 2. The highest BCUT2D eigenvalue weighted by Gasteiger charge is 2.03. The van der Waals surface area contributed by atoms with Crippen molar-refractivity contribution < 1.29 is 0 Å². The van der Waals surface area contributed by atoms with Gasteiger partial charge in [0.25, 0.3) is 0 Å². The summed E-state index contributed by atoms with van der Waals surface area (Å²) in [7, 11) is 0. The summed E-state index contributed by atoms with van der Waals surface area (Å²) in [6.45, 7) is 8.26. The average molecular weight is 269 g/mol. The van der Waals surface area contributed by atoms with Crippen LogP contribution in [0.25, 0.3) is 0 Å². The fourth-order valence-corrected chi connectivity index (χ4v) is 2.37. The summed E-state index contributed by atoms with van der Waals surface area (Å²) >= 11 is 0. The van der Waals surface area contributed by atoms with E-state index in [1.165, 1.54) is 16.7 Å². The van der Waals surface area contributed by atoms with Crippen LogP contribution in [0.5, 0.6) is 0 Å². The SMILES string of the molecule is CCCNCc1ccnc(Cc2cc(C)cc(C)c2)n1. The Morgan fingerprint density at radius 1 is 1.10 bits per heavy atom. The van der Waals surface area contributed by atoms with Crippen LogP contribution in [0.3, 0.4) is 0 Å². The van der Waals surface area contributed by atoms with Crippen LogP contribution in [-0.2, 0) is 13.0 Å². The Labute approximate surface area is 121 Å². The number of hydrogen-bond acceptors (Lipinski definition) is 3. The fourth-order valence-electron chi connectivity index (χ4n) is 2.37. The molecule has 0 saturated carbocycles. The Balaban J connectivity index is 2.07. The third kappa shape index (κ3) is 4.42. The molecule has 0 saturated heterocycles. The second-order valence-corrected chi connectivity index (χ2v) is 5.31. The van der Waals surface area contributed by atoms with Gasteiger partial charge in [-0.1, -0.05) is 36.2 Å². The minimum atomic E-state index is 0.796. The molecule has 0 aliphatic rings. The van der Waals surface area contributed by atoms with E-state index in [1.54, 1.807) is 0 Å². The Kier molecular flexibility index (Phi) is 5.24. The molecule has 0 aliphatic heterocycles. The van der Waals surface area contributed by atoms with Crippen LogP contribution in [0.2, 0.25) is 0 Å². The van der Waals surface area contributed by atoms with Gasteiger partial charge in [-0.25, -0.2) is 9.97 Å². The average Bonchev–Trinajstić information content (AvgIpc) is 2.38. The van der Waals surface area contributed by atoms with Crippen LogP contribution in [0.1, 0.15) is 41.6 Å². The summed E-state index contributed by atoms with van der Waals surface area (Å²) in [5.74, 6) is 0.894. The molecule has 2 rings (SSSR count). The van der Waals surface area contributed by atoms with E-state index in [0.717, 1.165) is 37.4 Å². The molecule has 0 unspecified atom stereocenters. The lowest BCUT2D eigenvalue weighted by molar-refractivity contribution is 0.659. The minimum Gasteiger partial charge on any atom is -0.311 e. The molecule has 0 atom stereocenters. The molecule has 0 bridgehead atoms. The molecule has 20 heavy (non-hydrogen) atoms. The maximum atomic E-state index is 4.63. The number of nitrogens with zero attached hydrogens (tertiary/aromatic N) is 2. The van der Waals surface area contributed by atoms with Gasteiger partial charge in [0, 0.05) is 19.2 Å². The van der Waals surface area contributed by atoms with Gasteiger partial charge in [0.05, 0.1) is 5.69 Å². The number of nitrogens with one attached hydrogen (secondary N) is 1. The van der Waals surface area contributed by atoms with Crippen LogP contribution < -0.4 is 5.32 Å². The van der Waals surface area contributed by atoms with E-state index in [2.05, 4.69) is 54.3 Å². The highest BCUT2D eigenvalue weighted by molar-refractivity contribution is 5.30. The fraction of sp³-hybridized carbons (Fsp3) is 0.412. The van der Waals surface area contributed by atoms with E-state index >= 15 is 0 Å². The molecular formula is C17H23N3. The first-order chi connectivity index (χ1) is 9.67. The Bertz CT molecular complexity index is 544. The molecule has 2 aromatic rings. The lowest BCUT2D eigenvalue weighted by Crippen LogP contribution is -2.15. The summed E-state index contributed by atoms with van der Waals surface area (Å²) < 4.78 is 0. The topological polar surface area (TPSA) is 37.8 Å². The lowest BCUT2D eigenvalue weighted by atomic mass is 10.0. The standard InChI is InChI=1S/C17H23N3/c1-4-6-18-12-16-5-7-19-17(20-16)11-15-9-13(2)8-14(3)10-15/h5,7-10,18H,4,6,11-12H2,1-3H3. The van der Waals surface area contributed by atoms with Crippen LogP contribution in [0.4, 0.5) is 0 Å². The molecule has 0 spiro atoms. The van der Waals surface area contributed by atoms with Crippen molar-refractivity contribution in [3.63, 3.8) is 0 Å². The molecule has 1 aromatic carbocycles. The lowest BCUT2D eigenvalue weighted by Gasteiger charge is -2.06. The molecule has 106 valence electrons. The third-order valence-electron chi connectivity index (χ3n) is 3.14. The van der Waals surface area contributed by atoms with Crippen molar-refractivity contribution in [3.05, 3.63) is 58.7 Å². The van der Waals surface area contributed by atoms with Gasteiger partial charge in [-0.3, -0.25) is 0 Å². The summed E-state index contributed by atoms with van der Waals surface area (Å²) in [4.78, 5) is 9.01. The molecule has 1 heterocycles. The largest absolute Gasteiger partial charge is 0.311 e. The highest BCUT2D eigenvalue weighted by atomic mass is 14.9. The molecule has 1 aromatic heterocycles. The first-order valence-corrected chi connectivity index (χ1v) is 7.26. The predicted molar refractivity (Wildman–Crippen MR) is 82.8 cm³/mol. The number of rotatable bonds is 6. The van der Waals surface area contributed by atoms with Crippen molar-refractivity contribution in [2.24, 2.45) is 0 Å². The van der Waals surface area contributed by atoms with Gasteiger partial charge >= 0.3 is 0 Å².